The highest BCUT2D eigenvalue weighted by Gasteiger charge is 2.08. The van der Waals surface area contributed by atoms with Crippen molar-refractivity contribution in [3.8, 4) is 0 Å². The van der Waals surface area contributed by atoms with Crippen molar-refractivity contribution in [2.75, 3.05) is 5.32 Å². The van der Waals surface area contributed by atoms with Crippen LogP contribution in [-0.2, 0) is 6.54 Å². The number of halogens is 1. The lowest BCUT2D eigenvalue weighted by Crippen LogP contribution is -2.22. The summed E-state index contributed by atoms with van der Waals surface area (Å²) in [6.45, 7) is 2.37. The number of anilines is 2. The number of aryl methyl sites for hydroxylation is 1. The molecule has 24 heavy (non-hydrogen) atoms. The summed E-state index contributed by atoms with van der Waals surface area (Å²) in [5.74, 6) is 0.503. The Morgan fingerprint density at radius 1 is 1.21 bits per heavy atom. The molecule has 0 aliphatic heterocycles. The molecule has 0 aliphatic carbocycles. The number of benzene rings is 1. The summed E-state index contributed by atoms with van der Waals surface area (Å²) in [5.41, 5.74) is 3.31. The van der Waals surface area contributed by atoms with Gasteiger partial charge in [-0.15, -0.1) is 0 Å². The fourth-order valence-electron chi connectivity index (χ4n) is 2.15. The van der Waals surface area contributed by atoms with E-state index < -0.39 is 0 Å². The number of nitrogens with one attached hydrogen (secondary N) is 2. The number of hydrogen-bond acceptors (Lipinski definition) is 4. The third-order valence-electron chi connectivity index (χ3n) is 3.46. The summed E-state index contributed by atoms with van der Waals surface area (Å²) in [4.78, 5) is 16.3. The van der Waals surface area contributed by atoms with Crippen LogP contribution in [0.1, 0.15) is 21.7 Å². The zero-order valence-electron chi connectivity index (χ0n) is 13.0. The zero-order valence-corrected chi connectivity index (χ0v) is 14.6. The first-order chi connectivity index (χ1) is 11.6. The Labute approximate surface area is 148 Å². The third kappa shape index (κ3) is 4.02. The second-order valence-corrected chi connectivity index (χ2v) is 6.17. The van der Waals surface area contributed by atoms with Gasteiger partial charge in [0.2, 0.25) is 0 Å². The lowest BCUT2D eigenvalue weighted by Gasteiger charge is -2.09. The van der Waals surface area contributed by atoms with Gasteiger partial charge in [-0.3, -0.25) is 9.78 Å². The van der Waals surface area contributed by atoms with E-state index in [2.05, 4.69) is 31.5 Å². The van der Waals surface area contributed by atoms with E-state index in [9.17, 15) is 4.79 Å². The molecule has 122 valence electrons. The van der Waals surface area contributed by atoms with Crippen molar-refractivity contribution < 1.29 is 9.21 Å². The van der Waals surface area contributed by atoms with E-state index in [0.29, 0.717) is 17.9 Å². The van der Waals surface area contributed by atoms with Gasteiger partial charge < -0.3 is 15.1 Å². The summed E-state index contributed by atoms with van der Waals surface area (Å²) in [6.07, 6.45) is 4.79. The summed E-state index contributed by atoms with van der Waals surface area (Å²) in [5, 5.41) is 6.05. The molecule has 0 saturated carbocycles. The lowest BCUT2D eigenvalue weighted by atomic mass is 10.2. The molecule has 0 fully saturated rings. The third-order valence-corrected chi connectivity index (χ3v) is 4.32. The number of nitrogens with zero attached hydrogens (tertiary/aromatic N) is 1. The molecule has 0 unspecified atom stereocenters. The van der Waals surface area contributed by atoms with E-state index in [0.717, 1.165) is 21.4 Å². The highest BCUT2D eigenvalue weighted by Crippen LogP contribution is 2.23. The second-order valence-electron chi connectivity index (χ2n) is 5.31. The van der Waals surface area contributed by atoms with Crippen molar-refractivity contribution in [1.82, 2.24) is 10.3 Å². The average Bonchev–Trinajstić information content (AvgIpc) is 3.10. The highest BCUT2D eigenvalue weighted by atomic mass is 79.9. The molecule has 0 atom stereocenters. The minimum Gasteiger partial charge on any atom is -0.467 e. The Bertz CT molecular complexity index is 847. The maximum Gasteiger partial charge on any atom is 0.253 e. The van der Waals surface area contributed by atoms with Crippen molar-refractivity contribution in [2.24, 2.45) is 0 Å². The fourth-order valence-corrected chi connectivity index (χ4v) is 2.53. The molecule has 6 heteroatoms. The molecule has 0 bridgehead atoms. The van der Waals surface area contributed by atoms with Gasteiger partial charge in [0, 0.05) is 16.4 Å². The second kappa shape index (κ2) is 7.31. The standard InChI is InChI=1S/C18H16BrN3O2/c1-12-4-5-14(8-17(12)19)22-15-7-13(9-20-10-15)18(23)21-11-16-3-2-6-24-16/h2-10,22H,11H2,1H3,(H,21,23). The molecule has 3 rings (SSSR count). The molecule has 0 aliphatic rings. The van der Waals surface area contributed by atoms with Gasteiger partial charge in [0.15, 0.2) is 0 Å². The van der Waals surface area contributed by atoms with Crippen LogP contribution in [0, 0.1) is 6.92 Å². The van der Waals surface area contributed by atoms with Crippen LogP contribution in [0.15, 0.2) is 63.9 Å². The lowest BCUT2D eigenvalue weighted by molar-refractivity contribution is 0.0947. The van der Waals surface area contributed by atoms with Gasteiger partial charge >= 0.3 is 0 Å². The Balaban J connectivity index is 1.68. The van der Waals surface area contributed by atoms with Gasteiger partial charge in [-0.2, -0.15) is 0 Å². The van der Waals surface area contributed by atoms with E-state index in [-0.39, 0.29) is 5.91 Å². The molecular weight excluding hydrogens is 370 g/mol. The van der Waals surface area contributed by atoms with Crippen LogP contribution in [0.25, 0.3) is 0 Å². The Morgan fingerprint density at radius 2 is 2.08 bits per heavy atom. The number of pyridine rings is 1. The monoisotopic (exact) mass is 385 g/mol. The van der Waals surface area contributed by atoms with E-state index in [4.69, 9.17) is 4.42 Å². The topological polar surface area (TPSA) is 67.2 Å². The maximum absolute atomic E-state index is 12.2. The van der Waals surface area contributed by atoms with Crippen molar-refractivity contribution in [3.63, 3.8) is 0 Å². The molecule has 0 spiro atoms. The summed E-state index contributed by atoms with van der Waals surface area (Å²) >= 11 is 3.51. The van der Waals surface area contributed by atoms with Crippen molar-refractivity contribution >= 4 is 33.2 Å². The number of carbonyl (C=O) groups excluding carboxylic acids is 1. The summed E-state index contributed by atoms with van der Waals surface area (Å²) < 4.78 is 6.22. The van der Waals surface area contributed by atoms with E-state index in [1.807, 2.05) is 31.2 Å². The molecular formula is C18H16BrN3O2. The van der Waals surface area contributed by atoms with Gasteiger partial charge in [0.05, 0.1) is 30.3 Å². The van der Waals surface area contributed by atoms with Crippen molar-refractivity contribution in [3.05, 3.63) is 76.4 Å². The number of hydrogen-bond donors (Lipinski definition) is 2. The fraction of sp³-hybridized carbons (Fsp3) is 0.111. The Kier molecular flexibility index (Phi) is 4.96. The number of amides is 1. The Morgan fingerprint density at radius 3 is 2.83 bits per heavy atom. The Hall–Kier alpha value is -2.60. The largest absolute Gasteiger partial charge is 0.467 e. The number of aromatic nitrogens is 1. The van der Waals surface area contributed by atoms with Crippen LogP contribution in [0.4, 0.5) is 11.4 Å². The van der Waals surface area contributed by atoms with Crippen LogP contribution in [0.5, 0.6) is 0 Å². The molecule has 2 heterocycles. The summed E-state index contributed by atoms with van der Waals surface area (Å²) in [6, 6.07) is 11.3. The summed E-state index contributed by atoms with van der Waals surface area (Å²) in [7, 11) is 0. The first kappa shape index (κ1) is 16.3. The SMILES string of the molecule is Cc1ccc(Nc2cncc(C(=O)NCc3ccco3)c2)cc1Br. The predicted molar refractivity (Wildman–Crippen MR) is 96.3 cm³/mol. The molecule has 2 aromatic heterocycles. The van der Waals surface area contributed by atoms with E-state index in [1.165, 1.54) is 6.20 Å². The number of rotatable bonds is 5. The van der Waals surface area contributed by atoms with Gasteiger partial charge in [-0.25, -0.2) is 0 Å². The van der Waals surface area contributed by atoms with Gasteiger partial charge in [0.1, 0.15) is 5.76 Å². The smallest absolute Gasteiger partial charge is 0.253 e. The molecule has 2 N–H and O–H groups in total. The van der Waals surface area contributed by atoms with Crippen molar-refractivity contribution in [2.45, 2.75) is 13.5 Å². The van der Waals surface area contributed by atoms with E-state index in [1.54, 1.807) is 24.6 Å². The van der Waals surface area contributed by atoms with Gasteiger partial charge in [-0.1, -0.05) is 22.0 Å². The van der Waals surface area contributed by atoms with Gasteiger partial charge in [-0.05, 0) is 42.8 Å². The molecule has 0 radical (unpaired) electrons. The highest BCUT2D eigenvalue weighted by molar-refractivity contribution is 9.10. The quantitative estimate of drug-likeness (QED) is 0.681. The predicted octanol–water partition coefficient (Wildman–Crippen LogP) is 4.42. The molecule has 0 saturated heterocycles. The molecule has 3 aromatic rings. The molecule has 1 aromatic carbocycles. The normalized spacial score (nSPS) is 10.4. The molecule has 1 amide bonds. The minimum atomic E-state index is -0.201. The zero-order chi connectivity index (χ0) is 16.9. The maximum atomic E-state index is 12.2. The van der Waals surface area contributed by atoms with Gasteiger partial charge in [0.25, 0.3) is 5.91 Å². The molecule has 5 nitrogen and oxygen atoms in total. The number of furan rings is 1. The number of carbonyl (C=O) groups is 1. The van der Waals surface area contributed by atoms with Crippen molar-refractivity contribution in [1.29, 1.82) is 0 Å². The van der Waals surface area contributed by atoms with Crippen LogP contribution >= 0.6 is 15.9 Å². The van der Waals surface area contributed by atoms with Crippen LogP contribution in [0.3, 0.4) is 0 Å². The van der Waals surface area contributed by atoms with Crippen LogP contribution in [-0.4, -0.2) is 10.9 Å². The van der Waals surface area contributed by atoms with E-state index >= 15 is 0 Å². The average molecular weight is 386 g/mol. The first-order valence-corrected chi connectivity index (χ1v) is 8.20. The van der Waals surface area contributed by atoms with Crippen LogP contribution < -0.4 is 10.6 Å². The first-order valence-electron chi connectivity index (χ1n) is 7.40. The minimum absolute atomic E-state index is 0.201. The van der Waals surface area contributed by atoms with Crippen LogP contribution in [0.2, 0.25) is 0 Å².